The van der Waals surface area contributed by atoms with Gasteiger partial charge in [0.25, 0.3) is 0 Å². The smallest absolute Gasteiger partial charge is 0.186 e. The van der Waals surface area contributed by atoms with E-state index in [1.54, 1.807) is 7.11 Å². The summed E-state index contributed by atoms with van der Waals surface area (Å²) in [6.45, 7) is 6.20. The van der Waals surface area contributed by atoms with E-state index in [2.05, 4.69) is 25.7 Å². The first kappa shape index (κ1) is 12.8. The minimum Gasteiger partial charge on any atom is -0.497 e. The number of hydrogen-bond donors (Lipinski definition) is 0. The minimum atomic E-state index is -1.71. The Morgan fingerprint density at radius 2 is 2.00 bits per heavy atom. The molecular weight excluding hydrogens is 218 g/mol. The van der Waals surface area contributed by atoms with Crippen LogP contribution in [0.4, 0.5) is 0 Å². The van der Waals surface area contributed by atoms with Gasteiger partial charge in [0.2, 0.25) is 0 Å². The fourth-order valence-corrected chi connectivity index (χ4v) is 2.22. The van der Waals surface area contributed by atoms with Crippen molar-refractivity contribution < 1.29 is 9.16 Å². The summed E-state index contributed by atoms with van der Waals surface area (Å²) in [7, 11) is -0.104. The molecular formula is C12H17NO2Si. The molecule has 0 radical (unpaired) electrons. The number of rotatable bonds is 4. The number of benzene rings is 1. The van der Waals surface area contributed by atoms with Crippen LogP contribution in [0, 0.1) is 11.3 Å². The average Bonchev–Trinajstić information content (AvgIpc) is 2.25. The van der Waals surface area contributed by atoms with Crippen LogP contribution in [0.5, 0.6) is 5.75 Å². The zero-order chi connectivity index (χ0) is 12.2. The van der Waals surface area contributed by atoms with Crippen molar-refractivity contribution in [1.82, 2.24) is 0 Å². The maximum atomic E-state index is 9.11. The van der Waals surface area contributed by atoms with Crippen LogP contribution in [-0.4, -0.2) is 15.4 Å². The summed E-state index contributed by atoms with van der Waals surface area (Å²) in [6.07, 6.45) is -0.498. The highest BCUT2D eigenvalue weighted by atomic mass is 28.4. The first-order valence-corrected chi connectivity index (χ1v) is 8.58. The Balaban J connectivity index is 2.92. The Labute approximate surface area is 97.7 Å². The zero-order valence-corrected chi connectivity index (χ0v) is 11.2. The monoisotopic (exact) mass is 235 g/mol. The molecule has 0 bridgehead atoms. The highest BCUT2D eigenvalue weighted by molar-refractivity contribution is 6.69. The molecule has 86 valence electrons. The lowest BCUT2D eigenvalue weighted by Gasteiger charge is -2.22. The standard InChI is InChI=1S/C12H17NO2Si/c1-14-11-7-5-6-10(8-11)12(9-13)15-16(2,3)4/h5-8,12H,1-4H3/t12-/m1/s1. The van der Waals surface area contributed by atoms with Crippen molar-refractivity contribution in [3.63, 3.8) is 0 Å². The predicted molar refractivity (Wildman–Crippen MR) is 65.8 cm³/mol. The first-order valence-electron chi connectivity index (χ1n) is 5.17. The largest absolute Gasteiger partial charge is 0.497 e. The molecule has 0 aliphatic carbocycles. The van der Waals surface area contributed by atoms with E-state index >= 15 is 0 Å². The Hall–Kier alpha value is -1.31. The highest BCUT2D eigenvalue weighted by Crippen LogP contribution is 2.24. The Bertz CT molecular complexity index is 393. The number of ether oxygens (including phenoxy) is 1. The van der Waals surface area contributed by atoms with Crippen molar-refractivity contribution in [2.45, 2.75) is 25.7 Å². The molecule has 0 saturated carbocycles. The van der Waals surface area contributed by atoms with Crippen molar-refractivity contribution in [2.24, 2.45) is 0 Å². The third-order valence-corrected chi connectivity index (χ3v) is 2.93. The maximum absolute atomic E-state index is 9.11. The van der Waals surface area contributed by atoms with E-state index in [1.165, 1.54) is 0 Å². The minimum absolute atomic E-state index is 0.498. The SMILES string of the molecule is COc1cccc([C@@H](C#N)O[Si](C)(C)C)c1. The van der Waals surface area contributed by atoms with Crippen LogP contribution in [0.1, 0.15) is 11.7 Å². The van der Waals surface area contributed by atoms with Crippen LogP contribution >= 0.6 is 0 Å². The molecule has 0 unspecified atom stereocenters. The molecule has 0 aliphatic heterocycles. The summed E-state index contributed by atoms with van der Waals surface area (Å²) in [5, 5.41) is 9.11. The average molecular weight is 235 g/mol. The molecule has 0 aromatic heterocycles. The van der Waals surface area contributed by atoms with Crippen molar-refractivity contribution >= 4 is 8.32 Å². The third kappa shape index (κ3) is 3.68. The third-order valence-electron chi connectivity index (χ3n) is 1.99. The van der Waals surface area contributed by atoms with E-state index in [9.17, 15) is 0 Å². The molecule has 4 heteroatoms. The lowest BCUT2D eigenvalue weighted by molar-refractivity contribution is 0.254. The summed E-state index contributed by atoms with van der Waals surface area (Å²) >= 11 is 0. The number of nitriles is 1. The predicted octanol–water partition coefficient (Wildman–Crippen LogP) is 3.11. The molecule has 1 aromatic rings. The van der Waals surface area contributed by atoms with Gasteiger partial charge in [0.15, 0.2) is 14.4 Å². The molecule has 0 heterocycles. The molecule has 3 nitrogen and oxygen atoms in total. The van der Waals surface area contributed by atoms with Crippen LogP contribution < -0.4 is 4.74 Å². The molecule has 0 N–H and O–H groups in total. The summed E-state index contributed by atoms with van der Waals surface area (Å²) in [5.74, 6) is 0.747. The van der Waals surface area contributed by atoms with Gasteiger partial charge >= 0.3 is 0 Å². The van der Waals surface area contributed by atoms with Crippen LogP contribution in [0.2, 0.25) is 19.6 Å². The van der Waals surface area contributed by atoms with Crippen molar-refractivity contribution in [3.8, 4) is 11.8 Å². The molecule has 16 heavy (non-hydrogen) atoms. The molecule has 0 amide bonds. The topological polar surface area (TPSA) is 42.2 Å². The first-order chi connectivity index (χ1) is 7.46. The fourth-order valence-electron chi connectivity index (χ4n) is 1.33. The van der Waals surface area contributed by atoms with Gasteiger partial charge in [-0.1, -0.05) is 12.1 Å². The molecule has 0 spiro atoms. The van der Waals surface area contributed by atoms with Gasteiger partial charge in [-0.05, 0) is 37.3 Å². The van der Waals surface area contributed by atoms with Gasteiger partial charge < -0.3 is 9.16 Å². The zero-order valence-electron chi connectivity index (χ0n) is 10.2. The van der Waals surface area contributed by atoms with Crippen LogP contribution in [0.15, 0.2) is 24.3 Å². The van der Waals surface area contributed by atoms with E-state index in [0.717, 1.165) is 11.3 Å². The molecule has 1 aromatic carbocycles. The van der Waals surface area contributed by atoms with Gasteiger partial charge in [-0.2, -0.15) is 5.26 Å². The maximum Gasteiger partial charge on any atom is 0.186 e. The second-order valence-electron chi connectivity index (χ2n) is 4.52. The van der Waals surface area contributed by atoms with E-state index in [-0.39, 0.29) is 0 Å². The Morgan fingerprint density at radius 3 is 2.50 bits per heavy atom. The van der Waals surface area contributed by atoms with Gasteiger partial charge in [-0.3, -0.25) is 0 Å². The Morgan fingerprint density at radius 1 is 1.31 bits per heavy atom. The second-order valence-corrected chi connectivity index (χ2v) is 8.98. The second kappa shape index (κ2) is 5.15. The number of methoxy groups -OCH3 is 1. The molecule has 0 aliphatic rings. The molecule has 0 fully saturated rings. The van der Waals surface area contributed by atoms with Gasteiger partial charge in [-0.15, -0.1) is 0 Å². The van der Waals surface area contributed by atoms with Crippen molar-refractivity contribution in [3.05, 3.63) is 29.8 Å². The van der Waals surface area contributed by atoms with Gasteiger partial charge in [0, 0.05) is 0 Å². The summed E-state index contributed by atoms with van der Waals surface area (Å²) in [6, 6.07) is 9.63. The highest BCUT2D eigenvalue weighted by Gasteiger charge is 2.22. The van der Waals surface area contributed by atoms with Gasteiger partial charge in [-0.25, -0.2) is 0 Å². The van der Waals surface area contributed by atoms with Crippen LogP contribution in [0.3, 0.4) is 0 Å². The van der Waals surface area contributed by atoms with Gasteiger partial charge in [0.05, 0.1) is 13.2 Å². The summed E-state index contributed by atoms with van der Waals surface area (Å²) in [5.41, 5.74) is 0.851. The number of nitrogens with zero attached hydrogens (tertiary/aromatic N) is 1. The quantitative estimate of drug-likeness (QED) is 0.753. The normalized spacial score (nSPS) is 12.9. The molecule has 1 atom stereocenters. The lowest BCUT2D eigenvalue weighted by atomic mass is 10.1. The van der Waals surface area contributed by atoms with E-state index in [1.807, 2.05) is 24.3 Å². The van der Waals surface area contributed by atoms with E-state index < -0.39 is 14.4 Å². The lowest BCUT2D eigenvalue weighted by Crippen LogP contribution is -2.27. The van der Waals surface area contributed by atoms with E-state index in [4.69, 9.17) is 14.4 Å². The van der Waals surface area contributed by atoms with Crippen molar-refractivity contribution in [1.29, 1.82) is 5.26 Å². The summed E-state index contributed by atoms with van der Waals surface area (Å²) in [4.78, 5) is 0. The summed E-state index contributed by atoms with van der Waals surface area (Å²) < 4.78 is 10.9. The fraction of sp³-hybridized carbons (Fsp3) is 0.417. The van der Waals surface area contributed by atoms with Crippen molar-refractivity contribution in [2.75, 3.05) is 7.11 Å². The van der Waals surface area contributed by atoms with Gasteiger partial charge in [0.1, 0.15) is 5.75 Å². The van der Waals surface area contributed by atoms with E-state index in [0.29, 0.717) is 0 Å². The molecule has 1 rings (SSSR count). The molecule has 0 saturated heterocycles. The van der Waals surface area contributed by atoms with Crippen LogP contribution in [0.25, 0.3) is 0 Å². The van der Waals surface area contributed by atoms with Crippen LogP contribution in [-0.2, 0) is 4.43 Å². The Kier molecular flexibility index (Phi) is 4.10. The number of hydrogen-bond acceptors (Lipinski definition) is 3.